The molecular weight excluding hydrogens is 230 g/mol. The van der Waals surface area contributed by atoms with Crippen molar-refractivity contribution < 1.29 is 9.84 Å². The van der Waals surface area contributed by atoms with Crippen LogP contribution in [-0.2, 0) is 17.9 Å². The zero-order chi connectivity index (χ0) is 12.8. The van der Waals surface area contributed by atoms with Crippen LogP contribution in [0, 0.1) is 0 Å². The largest absolute Gasteiger partial charge is 0.390 e. The number of ether oxygens (including phenoxy) is 1. The van der Waals surface area contributed by atoms with Crippen molar-refractivity contribution in [2.24, 2.45) is 0 Å². The number of nitrogens with zero attached hydrogens (tertiary/aromatic N) is 3. The zero-order valence-electron chi connectivity index (χ0n) is 11.1. The van der Waals surface area contributed by atoms with Crippen LogP contribution in [0.3, 0.4) is 0 Å². The lowest BCUT2D eigenvalue weighted by atomic mass is 10.1. The second kappa shape index (κ2) is 6.85. The SMILES string of the molecule is CCCCCCn1nnc(CO)c1C1CCCO1. The fourth-order valence-electron chi connectivity index (χ4n) is 2.47. The summed E-state index contributed by atoms with van der Waals surface area (Å²) < 4.78 is 7.62. The first-order valence-corrected chi connectivity index (χ1v) is 7.01. The molecule has 1 aliphatic rings. The Hall–Kier alpha value is -0.940. The third-order valence-corrected chi connectivity index (χ3v) is 3.46. The minimum Gasteiger partial charge on any atom is -0.390 e. The first-order valence-electron chi connectivity index (χ1n) is 7.01. The number of hydrogen-bond donors (Lipinski definition) is 1. The summed E-state index contributed by atoms with van der Waals surface area (Å²) in [5, 5.41) is 17.5. The molecule has 0 radical (unpaired) electrons. The summed E-state index contributed by atoms with van der Waals surface area (Å²) in [6.45, 7) is 3.83. The molecule has 1 aromatic rings. The topological polar surface area (TPSA) is 60.2 Å². The number of aliphatic hydroxyl groups excluding tert-OH is 1. The number of hydrogen-bond acceptors (Lipinski definition) is 4. The Morgan fingerprint density at radius 2 is 2.28 bits per heavy atom. The van der Waals surface area contributed by atoms with Gasteiger partial charge in [-0.25, -0.2) is 4.68 Å². The Bertz CT molecular complexity index is 359. The van der Waals surface area contributed by atoms with E-state index >= 15 is 0 Å². The molecule has 102 valence electrons. The third-order valence-electron chi connectivity index (χ3n) is 3.46. The van der Waals surface area contributed by atoms with Crippen LogP contribution in [0.1, 0.15) is 62.9 Å². The Morgan fingerprint density at radius 1 is 1.39 bits per heavy atom. The van der Waals surface area contributed by atoms with Crippen LogP contribution < -0.4 is 0 Å². The van der Waals surface area contributed by atoms with Crippen molar-refractivity contribution in [1.29, 1.82) is 0 Å². The van der Waals surface area contributed by atoms with E-state index in [1.165, 1.54) is 19.3 Å². The van der Waals surface area contributed by atoms with Crippen LogP contribution in [0.2, 0.25) is 0 Å². The van der Waals surface area contributed by atoms with Gasteiger partial charge in [0.25, 0.3) is 0 Å². The summed E-state index contributed by atoms with van der Waals surface area (Å²) in [4.78, 5) is 0. The maximum Gasteiger partial charge on any atom is 0.114 e. The van der Waals surface area contributed by atoms with Crippen molar-refractivity contribution >= 4 is 0 Å². The predicted molar refractivity (Wildman–Crippen MR) is 68.0 cm³/mol. The molecule has 2 heterocycles. The summed E-state index contributed by atoms with van der Waals surface area (Å²) in [6, 6.07) is 0. The summed E-state index contributed by atoms with van der Waals surface area (Å²) >= 11 is 0. The fraction of sp³-hybridized carbons (Fsp3) is 0.846. The molecule has 0 aliphatic carbocycles. The highest BCUT2D eigenvalue weighted by Crippen LogP contribution is 2.30. The molecule has 1 unspecified atom stereocenters. The highest BCUT2D eigenvalue weighted by molar-refractivity contribution is 5.13. The normalized spacial score (nSPS) is 19.6. The first-order chi connectivity index (χ1) is 8.86. The van der Waals surface area contributed by atoms with Crippen molar-refractivity contribution in [1.82, 2.24) is 15.0 Å². The molecule has 5 heteroatoms. The van der Waals surface area contributed by atoms with Gasteiger partial charge in [-0.05, 0) is 19.3 Å². The molecule has 5 nitrogen and oxygen atoms in total. The Balaban J connectivity index is 2.02. The lowest BCUT2D eigenvalue weighted by molar-refractivity contribution is 0.102. The summed E-state index contributed by atoms with van der Waals surface area (Å²) in [5.41, 5.74) is 1.67. The average Bonchev–Trinajstić information content (AvgIpc) is 3.02. The van der Waals surface area contributed by atoms with Gasteiger partial charge in [-0.2, -0.15) is 0 Å². The molecule has 1 saturated heterocycles. The van der Waals surface area contributed by atoms with E-state index in [1.807, 2.05) is 4.68 Å². The summed E-state index contributed by atoms with van der Waals surface area (Å²) in [7, 11) is 0. The molecule has 1 aromatic heterocycles. The van der Waals surface area contributed by atoms with Gasteiger partial charge in [0.1, 0.15) is 11.8 Å². The van der Waals surface area contributed by atoms with Crippen molar-refractivity contribution in [3.05, 3.63) is 11.4 Å². The molecule has 1 N–H and O–H groups in total. The molecule has 2 rings (SSSR count). The lowest BCUT2D eigenvalue weighted by Gasteiger charge is -2.13. The van der Waals surface area contributed by atoms with Crippen LogP contribution >= 0.6 is 0 Å². The summed E-state index contributed by atoms with van der Waals surface area (Å²) in [5.74, 6) is 0. The smallest absolute Gasteiger partial charge is 0.114 e. The molecule has 0 amide bonds. The van der Waals surface area contributed by atoms with Crippen LogP contribution in [0.25, 0.3) is 0 Å². The lowest BCUT2D eigenvalue weighted by Crippen LogP contribution is -2.11. The molecule has 1 fully saturated rings. The van der Waals surface area contributed by atoms with Crippen molar-refractivity contribution in [2.75, 3.05) is 6.61 Å². The molecular formula is C13H23N3O2. The predicted octanol–water partition coefficient (Wildman–Crippen LogP) is 2.20. The monoisotopic (exact) mass is 253 g/mol. The number of aryl methyl sites for hydroxylation is 1. The highest BCUT2D eigenvalue weighted by Gasteiger charge is 2.25. The minimum absolute atomic E-state index is 0.0514. The van der Waals surface area contributed by atoms with Crippen molar-refractivity contribution in [3.63, 3.8) is 0 Å². The van der Waals surface area contributed by atoms with Gasteiger partial charge in [-0.15, -0.1) is 5.10 Å². The Labute approximate surface area is 108 Å². The third kappa shape index (κ3) is 3.09. The van der Waals surface area contributed by atoms with Gasteiger partial charge >= 0.3 is 0 Å². The fourth-order valence-corrected chi connectivity index (χ4v) is 2.47. The Kier molecular flexibility index (Phi) is 5.13. The van der Waals surface area contributed by atoms with E-state index in [1.54, 1.807) is 0 Å². The summed E-state index contributed by atoms with van der Waals surface area (Å²) in [6.07, 6.45) is 6.99. The van der Waals surface area contributed by atoms with Crippen LogP contribution in [0.5, 0.6) is 0 Å². The van der Waals surface area contributed by atoms with Gasteiger partial charge in [0.05, 0.1) is 12.3 Å². The maximum atomic E-state index is 9.33. The van der Waals surface area contributed by atoms with Gasteiger partial charge in [0.15, 0.2) is 0 Å². The van der Waals surface area contributed by atoms with Gasteiger partial charge < -0.3 is 9.84 Å². The van der Waals surface area contributed by atoms with E-state index in [0.29, 0.717) is 5.69 Å². The second-order valence-corrected chi connectivity index (χ2v) is 4.86. The van der Waals surface area contributed by atoms with E-state index in [9.17, 15) is 5.11 Å². The molecule has 1 atom stereocenters. The van der Waals surface area contributed by atoms with E-state index < -0.39 is 0 Å². The number of rotatable bonds is 7. The standard InChI is InChI=1S/C13H23N3O2/c1-2-3-4-5-8-16-13(11(10-17)14-15-16)12-7-6-9-18-12/h12,17H,2-10H2,1H3. The molecule has 0 bridgehead atoms. The van der Waals surface area contributed by atoms with Gasteiger partial charge in [-0.3, -0.25) is 0 Å². The average molecular weight is 253 g/mol. The first kappa shape index (κ1) is 13.5. The highest BCUT2D eigenvalue weighted by atomic mass is 16.5. The second-order valence-electron chi connectivity index (χ2n) is 4.86. The number of unbranched alkanes of at least 4 members (excludes halogenated alkanes) is 3. The Morgan fingerprint density at radius 3 is 2.94 bits per heavy atom. The van der Waals surface area contributed by atoms with Crippen LogP contribution in [-0.4, -0.2) is 26.7 Å². The zero-order valence-corrected chi connectivity index (χ0v) is 11.1. The van der Waals surface area contributed by atoms with E-state index in [2.05, 4.69) is 17.2 Å². The van der Waals surface area contributed by atoms with Crippen molar-refractivity contribution in [2.45, 2.75) is 64.7 Å². The van der Waals surface area contributed by atoms with Crippen LogP contribution in [0.15, 0.2) is 0 Å². The van der Waals surface area contributed by atoms with Crippen LogP contribution in [0.4, 0.5) is 0 Å². The molecule has 0 saturated carbocycles. The van der Waals surface area contributed by atoms with Gasteiger partial charge in [-0.1, -0.05) is 31.4 Å². The van der Waals surface area contributed by atoms with Gasteiger partial charge in [0.2, 0.25) is 0 Å². The molecule has 0 aromatic carbocycles. The number of aromatic nitrogens is 3. The molecule has 18 heavy (non-hydrogen) atoms. The van der Waals surface area contributed by atoms with Gasteiger partial charge in [0, 0.05) is 13.2 Å². The maximum absolute atomic E-state index is 9.33. The van der Waals surface area contributed by atoms with E-state index in [4.69, 9.17) is 4.74 Å². The minimum atomic E-state index is -0.0514. The molecule has 1 aliphatic heterocycles. The van der Waals surface area contributed by atoms with Crippen molar-refractivity contribution in [3.8, 4) is 0 Å². The van der Waals surface area contributed by atoms with E-state index in [0.717, 1.165) is 38.1 Å². The number of aliphatic hydroxyl groups is 1. The van der Waals surface area contributed by atoms with E-state index in [-0.39, 0.29) is 12.7 Å². The quantitative estimate of drug-likeness (QED) is 0.757. The molecule has 0 spiro atoms.